The molecular formula is C9H8BrFO2. The Morgan fingerprint density at radius 2 is 2.23 bits per heavy atom. The highest BCUT2D eigenvalue weighted by Gasteiger charge is 2.09. The summed E-state index contributed by atoms with van der Waals surface area (Å²) in [6.45, 7) is 0. The van der Waals surface area contributed by atoms with Crippen molar-refractivity contribution in [3.63, 3.8) is 0 Å². The van der Waals surface area contributed by atoms with E-state index in [2.05, 4.69) is 15.9 Å². The zero-order valence-electron chi connectivity index (χ0n) is 6.76. The van der Waals surface area contributed by atoms with Gasteiger partial charge >= 0.3 is 0 Å². The molecule has 0 fully saturated rings. The minimum absolute atomic E-state index is 0.00544. The molecular weight excluding hydrogens is 239 g/mol. The van der Waals surface area contributed by atoms with Crippen molar-refractivity contribution in [3.05, 3.63) is 29.6 Å². The molecule has 0 radical (unpaired) electrons. The van der Waals surface area contributed by atoms with Gasteiger partial charge in [-0.3, -0.25) is 4.79 Å². The molecule has 0 aliphatic rings. The molecule has 13 heavy (non-hydrogen) atoms. The molecule has 0 atom stereocenters. The minimum atomic E-state index is -0.711. The molecule has 1 N–H and O–H groups in total. The summed E-state index contributed by atoms with van der Waals surface area (Å²) in [4.78, 5) is 10.9. The largest absolute Gasteiger partial charge is 0.505 e. The molecule has 0 saturated carbocycles. The molecule has 1 aromatic carbocycles. The van der Waals surface area contributed by atoms with Crippen LogP contribution in [0.5, 0.6) is 5.75 Å². The van der Waals surface area contributed by atoms with E-state index in [0.717, 1.165) is 0 Å². The number of aromatic hydroxyl groups is 1. The summed E-state index contributed by atoms with van der Waals surface area (Å²) in [5, 5.41) is 9.18. The molecule has 0 heterocycles. The van der Waals surface area contributed by atoms with Gasteiger partial charge in [0, 0.05) is 6.42 Å². The second-order valence-electron chi connectivity index (χ2n) is 2.60. The molecule has 70 valence electrons. The number of carbonyl (C=O) groups excluding carboxylic acids is 1. The van der Waals surface area contributed by atoms with E-state index in [4.69, 9.17) is 5.11 Å². The number of hydrogen-bond donors (Lipinski definition) is 1. The number of hydrogen-bond acceptors (Lipinski definition) is 2. The van der Waals surface area contributed by atoms with Crippen molar-refractivity contribution < 1.29 is 14.3 Å². The molecule has 0 aromatic heterocycles. The maximum absolute atomic E-state index is 13.1. The Kier molecular flexibility index (Phi) is 3.42. The molecule has 4 heteroatoms. The average Bonchev–Trinajstić information content (AvgIpc) is 2.13. The number of benzene rings is 1. The van der Waals surface area contributed by atoms with Gasteiger partial charge in [-0.05, 0) is 11.6 Å². The molecule has 0 amide bonds. The van der Waals surface area contributed by atoms with E-state index in [1.165, 1.54) is 18.2 Å². The molecule has 1 aromatic rings. The second kappa shape index (κ2) is 4.37. The van der Waals surface area contributed by atoms with Crippen LogP contribution in [0.25, 0.3) is 0 Å². The number of Topliss-reactive ketones (excluding diaryl/α,β-unsaturated/α-hetero) is 1. The van der Waals surface area contributed by atoms with E-state index in [1.54, 1.807) is 0 Å². The van der Waals surface area contributed by atoms with Crippen molar-refractivity contribution in [1.29, 1.82) is 0 Å². The summed E-state index contributed by atoms with van der Waals surface area (Å²) < 4.78 is 13.1. The maximum Gasteiger partial charge on any atom is 0.168 e. The fourth-order valence-corrected chi connectivity index (χ4v) is 1.16. The summed E-state index contributed by atoms with van der Waals surface area (Å²) in [6, 6.07) is 4.24. The summed E-state index contributed by atoms with van der Waals surface area (Å²) in [6.07, 6.45) is 0.00544. The maximum atomic E-state index is 13.1. The Labute approximate surface area is 83.5 Å². The molecule has 0 unspecified atom stereocenters. The lowest BCUT2D eigenvalue weighted by Gasteiger charge is -2.01. The van der Waals surface area contributed by atoms with Gasteiger partial charge in [0.15, 0.2) is 11.6 Å². The molecule has 0 aliphatic carbocycles. The topological polar surface area (TPSA) is 37.3 Å². The summed E-state index contributed by atoms with van der Waals surface area (Å²) in [7, 11) is 0. The number of alkyl halides is 1. The Hall–Kier alpha value is -0.900. The van der Waals surface area contributed by atoms with Crippen LogP contribution in [0.15, 0.2) is 18.2 Å². The number of rotatable bonds is 3. The number of carbonyl (C=O) groups is 1. The standard InChI is InChI=1S/C9H8BrFO2/c10-5-7(12)4-6-2-1-3-8(13)9(6)11/h1-3,13H,4-5H2. The zero-order valence-corrected chi connectivity index (χ0v) is 8.34. The summed E-state index contributed by atoms with van der Waals surface area (Å²) in [5.41, 5.74) is 0.226. The first-order chi connectivity index (χ1) is 6.15. The fraction of sp³-hybridized carbons (Fsp3) is 0.222. The van der Waals surface area contributed by atoms with E-state index >= 15 is 0 Å². The van der Waals surface area contributed by atoms with Gasteiger partial charge in [-0.25, -0.2) is 4.39 Å². The smallest absolute Gasteiger partial charge is 0.168 e. The molecule has 0 spiro atoms. The average molecular weight is 247 g/mol. The zero-order chi connectivity index (χ0) is 9.84. The van der Waals surface area contributed by atoms with Gasteiger partial charge in [0.05, 0.1) is 5.33 Å². The highest BCUT2D eigenvalue weighted by atomic mass is 79.9. The lowest BCUT2D eigenvalue weighted by Crippen LogP contribution is -2.05. The van der Waals surface area contributed by atoms with Gasteiger partial charge < -0.3 is 5.11 Å². The van der Waals surface area contributed by atoms with Crippen LogP contribution in [0.2, 0.25) is 0 Å². The van der Waals surface area contributed by atoms with E-state index in [-0.39, 0.29) is 23.1 Å². The van der Waals surface area contributed by atoms with Crippen LogP contribution in [0.1, 0.15) is 5.56 Å². The predicted molar refractivity (Wildman–Crippen MR) is 50.6 cm³/mol. The van der Waals surface area contributed by atoms with Crippen molar-refractivity contribution in [1.82, 2.24) is 0 Å². The van der Waals surface area contributed by atoms with Gasteiger partial charge in [-0.2, -0.15) is 0 Å². The van der Waals surface area contributed by atoms with E-state index in [1.807, 2.05) is 0 Å². The second-order valence-corrected chi connectivity index (χ2v) is 3.16. The SMILES string of the molecule is O=C(CBr)Cc1cccc(O)c1F. The van der Waals surface area contributed by atoms with Gasteiger partial charge in [0.2, 0.25) is 0 Å². The third-order valence-electron chi connectivity index (χ3n) is 1.59. The monoisotopic (exact) mass is 246 g/mol. The number of ketones is 1. The van der Waals surface area contributed by atoms with Crippen LogP contribution in [0.4, 0.5) is 4.39 Å². The molecule has 0 aliphatic heterocycles. The van der Waals surface area contributed by atoms with Crippen molar-refractivity contribution in [3.8, 4) is 5.75 Å². The fourth-order valence-electron chi connectivity index (χ4n) is 0.962. The van der Waals surface area contributed by atoms with Gasteiger partial charge in [0.1, 0.15) is 5.78 Å². The van der Waals surface area contributed by atoms with Gasteiger partial charge in [0.25, 0.3) is 0 Å². The third-order valence-corrected chi connectivity index (χ3v) is 2.22. The first-order valence-corrected chi connectivity index (χ1v) is 4.81. The minimum Gasteiger partial charge on any atom is -0.505 e. The quantitative estimate of drug-likeness (QED) is 0.830. The van der Waals surface area contributed by atoms with Crippen LogP contribution in [0, 0.1) is 5.82 Å². The highest BCUT2D eigenvalue weighted by Crippen LogP contribution is 2.19. The molecule has 1 rings (SSSR count). The summed E-state index contributed by atoms with van der Waals surface area (Å²) >= 11 is 2.98. The predicted octanol–water partition coefficient (Wildman–Crippen LogP) is 2.04. The van der Waals surface area contributed by atoms with Crippen molar-refractivity contribution >= 4 is 21.7 Å². The van der Waals surface area contributed by atoms with Crippen LogP contribution in [-0.4, -0.2) is 16.2 Å². The van der Waals surface area contributed by atoms with Crippen LogP contribution in [0.3, 0.4) is 0 Å². The number of halogens is 2. The highest BCUT2D eigenvalue weighted by molar-refractivity contribution is 9.09. The van der Waals surface area contributed by atoms with Gasteiger partial charge in [-0.1, -0.05) is 28.1 Å². The van der Waals surface area contributed by atoms with E-state index < -0.39 is 11.6 Å². The first kappa shape index (κ1) is 10.2. The normalized spacial score (nSPS) is 10.0. The molecule has 0 saturated heterocycles. The Morgan fingerprint density at radius 3 is 2.85 bits per heavy atom. The number of phenolic OH excluding ortho intramolecular Hbond substituents is 1. The Balaban J connectivity index is 2.89. The molecule has 0 bridgehead atoms. The van der Waals surface area contributed by atoms with Crippen molar-refractivity contribution in [2.45, 2.75) is 6.42 Å². The van der Waals surface area contributed by atoms with Crippen LogP contribution in [-0.2, 0) is 11.2 Å². The lowest BCUT2D eigenvalue weighted by molar-refractivity contribution is -0.115. The molecule has 2 nitrogen and oxygen atoms in total. The van der Waals surface area contributed by atoms with Crippen molar-refractivity contribution in [2.75, 3.05) is 5.33 Å². The van der Waals surface area contributed by atoms with Crippen molar-refractivity contribution in [2.24, 2.45) is 0 Å². The first-order valence-electron chi connectivity index (χ1n) is 3.69. The Morgan fingerprint density at radius 1 is 1.54 bits per heavy atom. The summed E-state index contributed by atoms with van der Waals surface area (Å²) in [5.74, 6) is -1.25. The third kappa shape index (κ3) is 2.52. The van der Waals surface area contributed by atoms with Crippen LogP contribution < -0.4 is 0 Å². The lowest BCUT2D eigenvalue weighted by atomic mass is 10.1. The van der Waals surface area contributed by atoms with Crippen LogP contribution >= 0.6 is 15.9 Å². The van der Waals surface area contributed by atoms with E-state index in [9.17, 15) is 9.18 Å². The Bertz CT molecular complexity index is 325. The van der Waals surface area contributed by atoms with Gasteiger partial charge in [-0.15, -0.1) is 0 Å². The number of phenols is 1. The van der Waals surface area contributed by atoms with E-state index in [0.29, 0.717) is 0 Å².